The number of anilines is 1. The molecule has 6 nitrogen and oxygen atoms in total. The van der Waals surface area contributed by atoms with Gasteiger partial charge in [-0.05, 0) is 62.0 Å². The molecular formula is C18H30N4O2. The Morgan fingerprint density at radius 2 is 2.08 bits per heavy atom. The maximum Gasteiger partial charge on any atom is 0.0994 e. The Morgan fingerprint density at radius 1 is 1.38 bits per heavy atom. The lowest BCUT2D eigenvalue weighted by Gasteiger charge is -2.18. The Hall–Kier alpha value is -1.63. The number of hydrogen-bond donors (Lipinski definition) is 3. The fourth-order valence-electron chi connectivity index (χ4n) is 3.13. The average molecular weight is 334 g/mol. The summed E-state index contributed by atoms with van der Waals surface area (Å²) >= 11 is 0. The minimum Gasteiger partial charge on any atom is -0.387 e. The van der Waals surface area contributed by atoms with Gasteiger partial charge in [0.15, 0.2) is 0 Å². The van der Waals surface area contributed by atoms with E-state index in [1.54, 1.807) is 7.11 Å². The number of aliphatic imine (C=N–C) groups is 1. The van der Waals surface area contributed by atoms with Crippen molar-refractivity contribution >= 4 is 17.2 Å². The Morgan fingerprint density at radius 3 is 2.71 bits per heavy atom. The van der Waals surface area contributed by atoms with Gasteiger partial charge < -0.3 is 15.4 Å². The fraction of sp³-hybridized carbons (Fsp3) is 0.611. The van der Waals surface area contributed by atoms with Crippen molar-refractivity contribution < 1.29 is 9.94 Å². The zero-order chi connectivity index (χ0) is 17.5. The van der Waals surface area contributed by atoms with Gasteiger partial charge in [-0.3, -0.25) is 10.7 Å². The van der Waals surface area contributed by atoms with Gasteiger partial charge in [0.25, 0.3) is 0 Å². The molecule has 1 aliphatic carbocycles. The van der Waals surface area contributed by atoms with Gasteiger partial charge in [0.2, 0.25) is 0 Å². The second kappa shape index (κ2) is 9.01. The number of ether oxygens (including phenoxy) is 1. The zero-order valence-electron chi connectivity index (χ0n) is 15.0. The van der Waals surface area contributed by atoms with Crippen molar-refractivity contribution in [1.29, 1.82) is 0 Å². The third-order valence-electron chi connectivity index (χ3n) is 4.68. The zero-order valence-corrected chi connectivity index (χ0v) is 15.0. The molecular weight excluding hydrogens is 304 g/mol. The molecule has 1 aliphatic rings. The van der Waals surface area contributed by atoms with E-state index in [-0.39, 0.29) is 0 Å². The molecule has 24 heavy (non-hydrogen) atoms. The quantitative estimate of drug-likeness (QED) is 0.367. The molecule has 0 heterocycles. The summed E-state index contributed by atoms with van der Waals surface area (Å²) in [6.45, 7) is 4.77. The molecule has 0 spiro atoms. The van der Waals surface area contributed by atoms with Gasteiger partial charge in [0, 0.05) is 20.1 Å². The number of nitrogens with zero attached hydrogens (tertiary/aromatic N) is 2. The van der Waals surface area contributed by atoms with Crippen LogP contribution in [-0.4, -0.2) is 49.8 Å². The molecule has 2 rings (SSSR count). The van der Waals surface area contributed by atoms with Gasteiger partial charge in [-0.25, -0.2) is 4.99 Å². The predicted octanol–water partition coefficient (Wildman–Crippen LogP) is 2.57. The van der Waals surface area contributed by atoms with Crippen molar-refractivity contribution in [3.63, 3.8) is 0 Å². The van der Waals surface area contributed by atoms with Crippen LogP contribution in [0.15, 0.2) is 17.1 Å². The normalized spacial score (nSPS) is 17.4. The molecule has 1 atom stereocenters. The molecule has 0 saturated carbocycles. The highest BCUT2D eigenvalue weighted by molar-refractivity contribution is 5.85. The minimum atomic E-state index is 0.570. The number of nitrogens with two attached hydrogens (primary N) is 1. The van der Waals surface area contributed by atoms with Crippen LogP contribution >= 0.6 is 0 Å². The van der Waals surface area contributed by atoms with Crippen molar-refractivity contribution in [1.82, 2.24) is 4.90 Å². The van der Waals surface area contributed by atoms with E-state index in [2.05, 4.69) is 28.5 Å². The van der Waals surface area contributed by atoms with Gasteiger partial charge in [0.1, 0.15) is 0 Å². The lowest BCUT2D eigenvalue weighted by molar-refractivity contribution is 0.158. The summed E-state index contributed by atoms with van der Waals surface area (Å²) in [5.74, 6) is 1.21. The summed E-state index contributed by atoms with van der Waals surface area (Å²) < 4.78 is 5.12. The van der Waals surface area contributed by atoms with Crippen molar-refractivity contribution in [2.24, 2.45) is 16.6 Å². The number of fused-ring (bicyclic) bond motifs is 1. The number of benzene rings is 1. The molecule has 4 N–H and O–H groups in total. The maximum atomic E-state index is 9.38. The SMILES string of the molecule is CCC(N)=Nc1cc2c(cc1NO)CC(CCN(C)CCOC)C2. The number of amidine groups is 1. The molecule has 0 fully saturated rings. The van der Waals surface area contributed by atoms with Crippen LogP contribution in [0.4, 0.5) is 11.4 Å². The van der Waals surface area contributed by atoms with E-state index in [1.165, 1.54) is 11.1 Å². The van der Waals surface area contributed by atoms with E-state index in [0.29, 0.717) is 29.5 Å². The van der Waals surface area contributed by atoms with E-state index in [4.69, 9.17) is 10.5 Å². The first-order valence-electron chi connectivity index (χ1n) is 8.63. The summed E-state index contributed by atoms with van der Waals surface area (Å²) in [5, 5.41) is 9.38. The number of likely N-dealkylation sites (N-methyl/N-ethyl adjacent to an activating group) is 1. The van der Waals surface area contributed by atoms with E-state index < -0.39 is 0 Å². The number of hydrogen-bond acceptors (Lipinski definition) is 5. The fourth-order valence-corrected chi connectivity index (χ4v) is 3.13. The minimum absolute atomic E-state index is 0.570. The molecule has 1 aromatic rings. The smallest absolute Gasteiger partial charge is 0.0994 e. The molecule has 0 bridgehead atoms. The maximum absolute atomic E-state index is 9.38. The van der Waals surface area contributed by atoms with E-state index >= 15 is 0 Å². The van der Waals surface area contributed by atoms with Crippen LogP contribution in [0.2, 0.25) is 0 Å². The van der Waals surface area contributed by atoms with Crippen molar-refractivity contribution in [3.8, 4) is 0 Å². The van der Waals surface area contributed by atoms with E-state index in [0.717, 1.165) is 39.0 Å². The van der Waals surface area contributed by atoms with Crippen LogP contribution in [0.5, 0.6) is 0 Å². The first-order valence-corrected chi connectivity index (χ1v) is 8.63. The van der Waals surface area contributed by atoms with E-state index in [1.807, 2.05) is 13.0 Å². The molecule has 1 unspecified atom stereocenters. The Bertz CT molecular complexity index is 574. The standard InChI is InChI=1S/C18H30N4O2/c1-4-18(19)20-16-11-14-9-13(5-6-22(2)7-8-24-3)10-15(14)12-17(16)21-23/h11-13,21,23H,4-10H2,1-3H3,(H2,19,20). The van der Waals surface area contributed by atoms with Crippen LogP contribution in [0, 0.1) is 5.92 Å². The highest BCUT2D eigenvalue weighted by Crippen LogP contribution is 2.36. The van der Waals surface area contributed by atoms with Crippen LogP contribution in [0.25, 0.3) is 0 Å². The molecule has 0 amide bonds. The third kappa shape index (κ3) is 4.93. The highest BCUT2D eigenvalue weighted by atomic mass is 16.5. The number of methoxy groups -OCH3 is 1. The lowest BCUT2D eigenvalue weighted by Crippen LogP contribution is -2.25. The van der Waals surface area contributed by atoms with Crippen molar-refractivity contribution in [2.75, 3.05) is 39.3 Å². The second-order valence-corrected chi connectivity index (χ2v) is 6.57. The Kier molecular flexibility index (Phi) is 7.02. The predicted molar refractivity (Wildman–Crippen MR) is 98.3 cm³/mol. The van der Waals surface area contributed by atoms with Gasteiger partial charge in [0.05, 0.1) is 23.8 Å². The number of rotatable bonds is 9. The first-order chi connectivity index (χ1) is 11.6. The van der Waals surface area contributed by atoms with Crippen LogP contribution in [0.3, 0.4) is 0 Å². The van der Waals surface area contributed by atoms with Gasteiger partial charge >= 0.3 is 0 Å². The molecule has 0 aliphatic heterocycles. The van der Waals surface area contributed by atoms with Crippen LogP contribution in [-0.2, 0) is 17.6 Å². The lowest BCUT2D eigenvalue weighted by atomic mass is 10.0. The van der Waals surface area contributed by atoms with Gasteiger partial charge in [-0.15, -0.1) is 0 Å². The molecule has 0 saturated heterocycles. The van der Waals surface area contributed by atoms with Crippen molar-refractivity contribution in [3.05, 3.63) is 23.3 Å². The first kappa shape index (κ1) is 18.7. The van der Waals surface area contributed by atoms with Crippen LogP contribution < -0.4 is 11.2 Å². The Balaban J connectivity index is 2.01. The molecule has 134 valence electrons. The molecule has 6 heteroatoms. The topological polar surface area (TPSA) is 83.1 Å². The number of nitrogens with one attached hydrogen (secondary N) is 1. The monoisotopic (exact) mass is 334 g/mol. The average Bonchev–Trinajstić information content (AvgIpc) is 2.98. The molecule has 0 aromatic heterocycles. The summed E-state index contributed by atoms with van der Waals surface area (Å²) in [6, 6.07) is 4.07. The van der Waals surface area contributed by atoms with Gasteiger partial charge in [-0.2, -0.15) is 0 Å². The molecule has 0 radical (unpaired) electrons. The van der Waals surface area contributed by atoms with E-state index in [9.17, 15) is 5.21 Å². The largest absolute Gasteiger partial charge is 0.387 e. The molecule has 1 aromatic carbocycles. The summed E-state index contributed by atoms with van der Waals surface area (Å²) in [7, 11) is 3.87. The van der Waals surface area contributed by atoms with Crippen molar-refractivity contribution in [2.45, 2.75) is 32.6 Å². The Labute approximate surface area is 144 Å². The summed E-state index contributed by atoms with van der Waals surface area (Å²) in [6.07, 6.45) is 3.97. The third-order valence-corrected chi connectivity index (χ3v) is 4.68. The summed E-state index contributed by atoms with van der Waals surface area (Å²) in [4.78, 5) is 6.72. The van der Waals surface area contributed by atoms with Gasteiger partial charge in [-0.1, -0.05) is 6.92 Å². The summed E-state index contributed by atoms with van der Waals surface area (Å²) in [5.41, 5.74) is 12.1. The highest BCUT2D eigenvalue weighted by Gasteiger charge is 2.23. The van der Waals surface area contributed by atoms with Crippen LogP contribution in [0.1, 0.15) is 30.9 Å². The second-order valence-electron chi connectivity index (χ2n) is 6.57.